The van der Waals surface area contributed by atoms with Crippen LogP contribution in [0.25, 0.3) is 0 Å². The number of para-hydroxylation sites is 1. The zero-order valence-corrected chi connectivity index (χ0v) is 13.0. The van der Waals surface area contributed by atoms with Gasteiger partial charge in [0.2, 0.25) is 0 Å². The maximum Gasteiger partial charge on any atom is 0.125 e. The zero-order valence-electron chi connectivity index (χ0n) is 11.4. The Morgan fingerprint density at radius 3 is 2.13 bits per heavy atom. The van der Waals surface area contributed by atoms with Crippen LogP contribution in [0.5, 0.6) is 0 Å². The van der Waals surface area contributed by atoms with Gasteiger partial charge in [0.15, 0.2) is 0 Å². The number of nitrogens with one attached hydrogen (secondary N) is 1. The molecule has 8 nitrogen and oxygen atoms in total. The summed E-state index contributed by atoms with van der Waals surface area (Å²) in [5.74, 6) is 0. The Balaban J connectivity index is 2.42. The molecule has 1 N–H and O–H groups in total. The largest absolute Gasteiger partial charge is 0.744 e. The van der Waals surface area contributed by atoms with E-state index in [1.54, 1.807) is 30.3 Å². The average Bonchev–Trinajstić information content (AvgIpc) is 2.46. The molecule has 0 unspecified atom stereocenters. The van der Waals surface area contributed by atoms with E-state index in [1.807, 2.05) is 0 Å². The molecule has 0 aliphatic heterocycles. The summed E-state index contributed by atoms with van der Waals surface area (Å²) in [6.45, 7) is 0. The van der Waals surface area contributed by atoms with E-state index in [0.29, 0.717) is 5.69 Å². The number of hydrogen-bond donors (Lipinski definition) is 1. The SMILES string of the molecule is O=S(=O)([O-])c1ccc(S(=O)(=O)[O-])c(C=NNc2ccccc2)c1. The van der Waals surface area contributed by atoms with Gasteiger partial charge in [-0.05, 0) is 30.3 Å². The van der Waals surface area contributed by atoms with Crippen LogP contribution in [0.4, 0.5) is 5.69 Å². The molecule has 0 bridgehead atoms. The van der Waals surface area contributed by atoms with Crippen LogP contribution in [0.1, 0.15) is 5.56 Å². The van der Waals surface area contributed by atoms with E-state index in [-0.39, 0.29) is 5.56 Å². The van der Waals surface area contributed by atoms with Gasteiger partial charge in [-0.1, -0.05) is 18.2 Å². The van der Waals surface area contributed by atoms with E-state index < -0.39 is 30.0 Å². The maximum absolute atomic E-state index is 11.2. The van der Waals surface area contributed by atoms with Crippen molar-refractivity contribution in [2.75, 3.05) is 5.43 Å². The molecule has 0 aromatic heterocycles. The highest BCUT2D eigenvalue weighted by molar-refractivity contribution is 7.86. The van der Waals surface area contributed by atoms with Gasteiger partial charge >= 0.3 is 0 Å². The van der Waals surface area contributed by atoms with E-state index >= 15 is 0 Å². The van der Waals surface area contributed by atoms with Crippen LogP contribution in [-0.2, 0) is 20.2 Å². The summed E-state index contributed by atoms with van der Waals surface area (Å²) < 4.78 is 66.5. The monoisotopic (exact) mass is 354 g/mol. The second kappa shape index (κ2) is 6.46. The lowest BCUT2D eigenvalue weighted by molar-refractivity contribution is 0.458. The number of benzene rings is 2. The highest BCUT2D eigenvalue weighted by Gasteiger charge is 2.11. The summed E-state index contributed by atoms with van der Waals surface area (Å²) in [7, 11) is -9.65. The van der Waals surface area contributed by atoms with Gasteiger partial charge < -0.3 is 9.11 Å². The van der Waals surface area contributed by atoms with Crippen LogP contribution in [0.15, 0.2) is 63.4 Å². The second-order valence-electron chi connectivity index (χ2n) is 4.34. The molecular formula is C13H10N2O6S2-2. The molecule has 23 heavy (non-hydrogen) atoms. The second-order valence-corrected chi connectivity index (χ2v) is 7.07. The molecule has 2 aromatic carbocycles. The van der Waals surface area contributed by atoms with Gasteiger partial charge in [0.1, 0.15) is 20.2 Å². The lowest BCUT2D eigenvalue weighted by Gasteiger charge is -2.13. The van der Waals surface area contributed by atoms with Crippen molar-refractivity contribution in [2.45, 2.75) is 9.79 Å². The minimum atomic E-state index is -4.86. The van der Waals surface area contributed by atoms with Crippen molar-refractivity contribution in [3.05, 3.63) is 54.1 Å². The molecule has 0 spiro atoms. The standard InChI is InChI=1S/C13H12N2O6S2/c16-22(17,18)12-6-7-13(23(19,20)21)10(8-12)9-14-15-11-4-2-1-3-5-11/h1-9,15H,(H,16,17,18)(H,19,20,21)/p-2. The Hall–Kier alpha value is -2.27. The molecule has 122 valence electrons. The van der Waals surface area contributed by atoms with Crippen molar-refractivity contribution in [1.29, 1.82) is 0 Å². The maximum atomic E-state index is 11.2. The van der Waals surface area contributed by atoms with Crippen molar-refractivity contribution in [2.24, 2.45) is 5.10 Å². The minimum absolute atomic E-state index is 0.305. The number of hydrogen-bond acceptors (Lipinski definition) is 8. The van der Waals surface area contributed by atoms with Crippen LogP contribution in [-0.4, -0.2) is 32.2 Å². The molecule has 0 saturated heterocycles. The van der Waals surface area contributed by atoms with Gasteiger partial charge in [-0.25, -0.2) is 16.8 Å². The highest BCUT2D eigenvalue weighted by atomic mass is 32.2. The number of nitrogens with zero attached hydrogens (tertiary/aromatic N) is 1. The zero-order chi connectivity index (χ0) is 17.1. The topological polar surface area (TPSA) is 139 Å². The van der Waals surface area contributed by atoms with Gasteiger partial charge in [-0.15, -0.1) is 0 Å². The fraction of sp³-hybridized carbons (Fsp3) is 0. The van der Waals surface area contributed by atoms with Crippen molar-refractivity contribution in [3.63, 3.8) is 0 Å². The first-order valence-corrected chi connectivity index (χ1v) is 8.89. The van der Waals surface area contributed by atoms with E-state index in [2.05, 4.69) is 10.5 Å². The van der Waals surface area contributed by atoms with Crippen molar-refractivity contribution in [3.8, 4) is 0 Å². The first kappa shape index (κ1) is 17.1. The Morgan fingerprint density at radius 1 is 0.913 bits per heavy atom. The quantitative estimate of drug-likeness (QED) is 0.479. The third-order valence-corrected chi connectivity index (χ3v) is 4.45. The Morgan fingerprint density at radius 2 is 1.57 bits per heavy atom. The molecule has 2 rings (SSSR count). The summed E-state index contributed by atoms with van der Waals surface area (Å²) in [5.41, 5.74) is 2.86. The minimum Gasteiger partial charge on any atom is -0.744 e. The predicted octanol–water partition coefficient (Wildman–Crippen LogP) is 0.941. The molecule has 2 aromatic rings. The van der Waals surface area contributed by atoms with E-state index in [9.17, 15) is 25.9 Å². The first-order chi connectivity index (χ1) is 10.7. The van der Waals surface area contributed by atoms with Gasteiger partial charge in [0.25, 0.3) is 0 Å². The predicted molar refractivity (Wildman–Crippen MR) is 80.0 cm³/mol. The Kier molecular flexibility index (Phi) is 4.80. The van der Waals surface area contributed by atoms with Crippen LogP contribution in [0, 0.1) is 0 Å². The third-order valence-electron chi connectivity index (χ3n) is 2.71. The van der Waals surface area contributed by atoms with Gasteiger partial charge in [0, 0.05) is 5.56 Å². The van der Waals surface area contributed by atoms with Gasteiger partial charge in [-0.3, -0.25) is 5.43 Å². The summed E-state index contributed by atoms with van der Waals surface area (Å²) in [6.07, 6.45) is 0.951. The lowest BCUT2D eigenvalue weighted by Crippen LogP contribution is -2.07. The molecule has 10 heteroatoms. The Labute approximate surface area is 133 Å². The van der Waals surface area contributed by atoms with Gasteiger partial charge in [-0.2, -0.15) is 5.10 Å². The molecule has 0 heterocycles. The summed E-state index contributed by atoms with van der Waals surface area (Å²) in [4.78, 5) is -1.34. The molecule has 0 saturated carbocycles. The number of anilines is 1. The molecule has 0 radical (unpaired) electrons. The van der Waals surface area contributed by atoms with E-state index in [1.165, 1.54) is 0 Å². The highest BCUT2D eigenvalue weighted by Crippen LogP contribution is 2.19. The third kappa shape index (κ3) is 4.60. The smallest absolute Gasteiger partial charge is 0.125 e. The number of rotatable bonds is 5. The van der Waals surface area contributed by atoms with Crippen molar-refractivity contribution >= 4 is 32.1 Å². The molecular weight excluding hydrogens is 344 g/mol. The normalized spacial score (nSPS) is 12.4. The molecule has 0 atom stereocenters. The fourth-order valence-electron chi connectivity index (χ4n) is 1.70. The summed E-state index contributed by atoms with van der Waals surface area (Å²) in [6, 6.07) is 10.9. The van der Waals surface area contributed by atoms with Crippen molar-refractivity contribution < 1.29 is 25.9 Å². The fourth-order valence-corrected chi connectivity index (χ4v) is 2.84. The van der Waals surface area contributed by atoms with Gasteiger partial charge in [0.05, 0.1) is 21.7 Å². The summed E-state index contributed by atoms with van der Waals surface area (Å²) in [5, 5.41) is 3.73. The molecule has 0 aliphatic rings. The molecule has 0 amide bonds. The van der Waals surface area contributed by atoms with Crippen LogP contribution >= 0.6 is 0 Å². The van der Waals surface area contributed by atoms with Crippen LogP contribution < -0.4 is 5.43 Å². The van der Waals surface area contributed by atoms with Crippen LogP contribution in [0.3, 0.4) is 0 Å². The molecule has 0 fully saturated rings. The van der Waals surface area contributed by atoms with E-state index in [4.69, 9.17) is 0 Å². The number of hydrazone groups is 1. The Bertz CT molecular complexity index is 938. The van der Waals surface area contributed by atoms with Crippen LogP contribution in [0.2, 0.25) is 0 Å². The summed E-state index contributed by atoms with van der Waals surface area (Å²) >= 11 is 0. The van der Waals surface area contributed by atoms with E-state index in [0.717, 1.165) is 24.4 Å². The molecule has 0 aliphatic carbocycles. The lowest BCUT2D eigenvalue weighted by atomic mass is 10.2. The van der Waals surface area contributed by atoms with Crippen molar-refractivity contribution in [1.82, 2.24) is 0 Å². The average molecular weight is 354 g/mol. The first-order valence-electron chi connectivity index (χ1n) is 6.08.